The number of nitrogens with two attached hydrogens (primary N) is 1. The zero-order chi connectivity index (χ0) is 11.3. The van der Waals surface area contributed by atoms with Crippen LogP contribution in [0.25, 0.3) is 0 Å². The molecule has 0 saturated carbocycles. The molecular weight excluding hydrogens is 202 g/mol. The minimum atomic E-state index is -0.528. The predicted molar refractivity (Wildman–Crippen MR) is 57.7 cm³/mol. The summed E-state index contributed by atoms with van der Waals surface area (Å²) in [5, 5.41) is 2.42. The number of nitrogens with one attached hydrogen (secondary N) is 1. The van der Waals surface area contributed by atoms with E-state index >= 15 is 0 Å². The second-order valence-corrected chi connectivity index (χ2v) is 3.46. The van der Waals surface area contributed by atoms with Gasteiger partial charge in [-0.25, -0.2) is 0 Å². The Balaban J connectivity index is 4.25. The molecule has 6 heteroatoms. The molecule has 1 atom stereocenters. The molecule has 80 valence electrons. The highest BCUT2D eigenvalue weighted by atomic mass is 32.1. The Morgan fingerprint density at radius 1 is 1.57 bits per heavy atom. The van der Waals surface area contributed by atoms with Gasteiger partial charge in [0.05, 0.1) is 17.5 Å². The fourth-order valence-electron chi connectivity index (χ4n) is 0.825. The van der Waals surface area contributed by atoms with Crippen LogP contribution < -0.4 is 11.1 Å². The molecule has 0 aromatic carbocycles. The molecule has 0 aromatic rings. The van der Waals surface area contributed by atoms with E-state index in [1.807, 2.05) is 0 Å². The van der Waals surface area contributed by atoms with E-state index in [-0.39, 0.29) is 23.3 Å². The summed E-state index contributed by atoms with van der Waals surface area (Å²) in [6.07, 6.45) is 0. The van der Waals surface area contributed by atoms with Crippen LogP contribution in [-0.2, 0) is 9.59 Å². The molecule has 0 radical (unpaired) electrons. The first kappa shape index (κ1) is 12.8. The maximum absolute atomic E-state index is 11.5. The normalized spacial score (nSPS) is 11.6. The van der Waals surface area contributed by atoms with E-state index in [2.05, 4.69) is 17.5 Å². The average Bonchev–Trinajstić information content (AvgIpc) is 2.14. The summed E-state index contributed by atoms with van der Waals surface area (Å²) in [6, 6.07) is 0. The van der Waals surface area contributed by atoms with Crippen LogP contribution in [0.2, 0.25) is 0 Å². The fraction of sp³-hybridized carbons (Fsp3) is 0.625. The van der Waals surface area contributed by atoms with E-state index in [4.69, 9.17) is 5.73 Å². The second kappa shape index (κ2) is 5.54. The van der Waals surface area contributed by atoms with Crippen LogP contribution >= 0.6 is 12.2 Å². The van der Waals surface area contributed by atoms with Crippen molar-refractivity contribution in [2.75, 3.05) is 20.6 Å². The number of hydrogen-bond donors (Lipinski definition) is 2. The monoisotopic (exact) mass is 217 g/mol. The third-order valence-electron chi connectivity index (χ3n) is 1.83. The van der Waals surface area contributed by atoms with Gasteiger partial charge in [-0.05, 0) is 6.92 Å². The van der Waals surface area contributed by atoms with Gasteiger partial charge in [-0.3, -0.25) is 9.59 Å². The summed E-state index contributed by atoms with van der Waals surface area (Å²) in [5.74, 6) is -1.00. The number of rotatable bonds is 4. The maximum atomic E-state index is 11.5. The minimum Gasteiger partial charge on any atom is -0.393 e. The minimum absolute atomic E-state index is 0.0162. The molecule has 3 N–H and O–H groups in total. The third-order valence-corrected chi connectivity index (χ3v) is 2.19. The first-order valence-electron chi connectivity index (χ1n) is 4.15. The molecule has 0 aliphatic heterocycles. The van der Waals surface area contributed by atoms with E-state index in [1.54, 1.807) is 6.92 Å². The lowest BCUT2D eigenvalue weighted by atomic mass is 10.1. The summed E-state index contributed by atoms with van der Waals surface area (Å²) in [6.45, 7) is 1.63. The van der Waals surface area contributed by atoms with Crippen molar-refractivity contribution in [3.8, 4) is 0 Å². The highest BCUT2D eigenvalue weighted by molar-refractivity contribution is 7.80. The van der Waals surface area contributed by atoms with Crippen LogP contribution in [0.5, 0.6) is 0 Å². The van der Waals surface area contributed by atoms with Crippen LogP contribution in [-0.4, -0.2) is 42.3 Å². The van der Waals surface area contributed by atoms with Crippen LogP contribution in [0.3, 0.4) is 0 Å². The lowest BCUT2D eigenvalue weighted by molar-refractivity contribution is -0.135. The largest absolute Gasteiger partial charge is 0.393 e. The van der Waals surface area contributed by atoms with Gasteiger partial charge in [0.1, 0.15) is 0 Å². The number of thiocarbonyl (C=S) groups is 1. The standard InChI is InChI=1S/C8H15N3O2S/c1-5(7(9)14)8(13)11(3)4-6(12)10-2/h5H,4H2,1-3H3,(H2,9,14)(H,10,12). The van der Waals surface area contributed by atoms with Crippen molar-refractivity contribution in [1.82, 2.24) is 10.2 Å². The number of carbonyl (C=O) groups excluding carboxylic acids is 2. The van der Waals surface area contributed by atoms with Gasteiger partial charge in [-0.15, -0.1) is 0 Å². The predicted octanol–water partition coefficient (Wildman–Crippen LogP) is -0.887. The van der Waals surface area contributed by atoms with Gasteiger partial charge in [0, 0.05) is 14.1 Å². The van der Waals surface area contributed by atoms with Crippen LogP contribution in [0.1, 0.15) is 6.92 Å². The lowest BCUT2D eigenvalue weighted by Gasteiger charge is -2.19. The van der Waals surface area contributed by atoms with E-state index in [1.165, 1.54) is 19.0 Å². The smallest absolute Gasteiger partial charge is 0.239 e. The second-order valence-electron chi connectivity index (χ2n) is 2.99. The van der Waals surface area contributed by atoms with Crippen molar-refractivity contribution < 1.29 is 9.59 Å². The summed E-state index contributed by atoms with van der Waals surface area (Å²) in [5.41, 5.74) is 5.32. The van der Waals surface area contributed by atoms with Crippen molar-refractivity contribution in [2.45, 2.75) is 6.92 Å². The zero-order valence-corrected chi connectivity index (χ0v) is 9.35. The van der Waals surface area contributed by atoms with Gasteiger partial charge in [0.15, 0.2) is 0 Å². The van der Waals surface area contributed by atoms with Crippen LogP contribution in [0, 0.1) is 5.92 Å². The van der Waals surface area contributed by atoms with Gasteiger partial charge < -0.3 is 16.0 Å². The average molecular weight is 217 g/mol. The molecule has 0 spiro atoms. The Hall–Kier alpha value is -1.17. The van der Waals surface area contributed by atoms with Crippen molar-refractivity contribution in [3.63, 3.8) is 0 Å². The topological polar surface area (TPSA) is 75.4 Å². The molecule has 0 heterocycles. The molecule has 14 heavy (non-hydrogen) atoms. The lowest BCUT2D eigenvalue weighted by Crippen LogP contribution is -2.42. The Morgan fingerprint density at radius 2 is 2.07 bits per heavy atom. The quantitative estimate of drug-likeness (QED) is 0.599. The Labute approximate surface area is 88.6 Å². The van der Waals surface area contributed by atoms with Crippen LogP contribution in [0.4, 0.5) is 0 Å². The van der Waals surface area contributed by atoms with Gasteiger partial charge in [0.25, 0.3) is 0 Å². The van der Waals surface area contributed by atoms with Crippen LogP contribution in [0.15, 0.2) is 0 Å². The Morgan fingerprint density at radius 3 is 2.43 bits per heavy atom. The summed E-state index contributed by atoms with van der Waals surface area (Å²) in [4.78, 5) is 23.9. The Bertz CT molecular complexity index is 255. The van der Waals surface area contributed by atoms with E-state index < -0.39 is 5.92 Å². The zero-order valence-electron chi connectivity index (χ0n) is 8.53. The highest BCUT2D eigenvalue weighted by Crippen LogP contribution is 2.00. The SMILES string of the molecule is CNC(=O)CN(C)C(=O)C(C)C(N)=S. The number of nitrogens with zero attached hydrogens (tertiary/aromatic N) is 1. The number of likely N-dealkylation sites (N-methyl/N-ethyl adjacent to an activating group) is 2. The van der Waals surface area contributed by atoms with E-state index in [9.17, 15) is 9.59 Å². The molecule has 5 nitrogen and oxygen atoms in total. The van der Waals surface area contributed by atoms with Crippen molar-refractivity contribution in [1.29, 1.82) is 0 Å². The number of hydrogen-bond acceptors (Lipinski definition) is 3. The van der Waals surface area contributed by atoms with Crippen molar-refractivity contribution in [3.05, 3.63) is 0 Å². The molecule has 0 saturated heterocycles. The Kier molecular flexibility index (Phi) is 5.07. The van der Waals surface area contributed by atoms with Gasteiger partial charge >= 0.3 is 0 Å². The highest BCUT2D eigenvalue weighted by Gasteiger charge is 2.20. The van der Waals surface area contributed by atoms with Gasteiger partial charge in [-0.1, -0.05) is 12.2 Å². The summed E-state index contributed by atoms with van der Waals surface area (Å²) >= 11 is 4.69. The first-order valence-corrected chi connectivity index (χ1v) is 4.55. The summed E-state index contributed by atoms with van der Waals surface area (Å²) < 4.78 is 0. The third kappa shape index (κ3) is 3.69. The fourth-order valence-corrected chi connectivity index (χ4v) is 0.925. The maximum Gasteiger partial charge on any atom is 0.239 e. The molecule has 0 fully saturated rings. The summed E-state index contributed by atoms with van der Waals surface area (Å²) in [7, 11) is 3.05. The van der Waals surface area contributed by atoms with E-state index in [0.29, 0.717) is 0 Å². The molecule has 0 aromatic heterocycles. The molecule has 0 bridgehead atoms. The van der Waals surface area contributed by atoms with Crippen molar-refractivity contribution in [2.24, 2.45) is 11.7 Å². The number of amides is 2. The molecule has 0 aliphatic carbocycles. The van der Waals surface area contributed by atoms with E-state index in [0.717, 1.165) is 0 Å². The molecule has 1 unspecified atom stereocenters. The van der Waals surface area contributed by atoms with Gasteiger partial charge in [0.2, 0.25) is 11.8 Å². The van der Waals surface area contributed by atoms with Crippen molar-refractivity contribution >= 4 is 29.0 Å². The number of carbonyl (C=O) groups is 2. The molecule has 2 amide bonds. The van der Waals surface area contributed by atoms with Gasteiger partial charge in [-0.2, -0.15) is 0 Å². The molecular formula is C8H15N3O2S. The first-order chi connectivity index (χ1) is 6.40. The molecule has 0 aliphatic rings. The molecule has 0 rings (SSSR count).